The zero-order chi connectivity index (χ0) is 8.93. The van der Waals surface area contributed by atoms with Gasteiger partial charge in [-0.3, -0.25) is 0 Å². The molecule has 0 spiro atoms. The van der Waals surface area contributed by atoms with Gasteiger partial charge in [0.2, 0.25) is 0 Å². The van der Waals surface area contributed by atoms with Crippen molar-refractivity contribution in [3.8, 4) is 5.75 Å². The van der Waals surface area contributed by atoms with Crippen LogP contribution < -0.4 is 4.74 Å². The summed E-state index contributed by atoms with van der Waals surface area (Å²) in [6.45, 7) is 0.648. The summed E-state index contributed by atoms with van der Waals surface area (Å²) in [4.78, 5) is 1.24. The molecule has 0 amide bonds. The molecule has 2 heteroatoms. The molecule has 1 aromatic heterocycles. The van der Waals surface area contributed by atoms with Crippen LogP contribution in [0.15, 0.2) is 41.8 Å². The highest BCUT2D eigenvalue weighted by molar-refractivity contribution is 7.09. The quantitative estimate of drug-likeness (QED) is 0.720. The molecule has 0 bridgehead atoms. The maximum absolute atomic E-state index is 5.53. The minimum atomic E-state index is 0.648. The van der Waals surface area contributed by atoms with Crippen molar-refractivity contribution in [2.45, 2.75) is 6.61 Å². The second-order valence-electron chi connectivity index (χ2n) is 2.61. The van der Waals surface area contributed by atoms with Gasteiger partial charge in [-0.15, -0.1) is 11.3 Å². The number of hydrogen-bond acceptors (Lipinski definition) is 2. The summed E-state index contributed by atoms with van der Waals surface area (Å²) in [5.41, 5.74) is 0. The SMILES string of the molecule is [c]1cccc(OCc2cccs2)c1. The van der Waals surface area contributed by atoms with Crippen molar-refractivity contribution in [1.82, 2.24) is 0 Å². The Kier molecular flexibility index (Phi) is 2.62. The van der Waals surface area contributed by atoms with E-state index in [-0.39, 0.29) is 0 Å². The van der Waals surface area contributed by atoms with Gasteiger partial charge >= 0.3 is 0 Å². The van der Waals surface area contributed by atoms with E-state index in [2.05, 4.69) is 17.5 Å². The van der Waals surface area contributed by atoms with E-state index in [0.29, 0.717) is 6.61 Å². The Hall–Kier alpha value is -1.28. The highest BCUT2D eigenvalue weighted by atomic mass is 32.1. The van der Waals surface area contributed by atoms with Gasteiger partial charge in [0.15, 0.2) is 0 Å². The van der Waals surface area contributed by atoms with Crippen molar-refractivity contribution in [2.24, 2.45) is 0 Å². The Morgan fingerprint density at radius 1 is 1.31 bits per heavy atom. The lowest BCUT2D eigenvalue weighted by molar-refractivity contribution is 0.310. The molecule has 0 aliphatic carbocycles. The van der Waals surface area contributed by atoms with E-state index in [9.17, 15) is 0 Å². The van der Waals surface area contributed by atoms with E-state index in [1.807, 2.05) is 30.3 Å². The van der Waals surface area contributed by atoms with Crippen LogP contribution >= 0.6 is 11.3 Å². The maximum Gasteiger partial charge on any atom is 0.122 e. The van der Waals surface area contributed by atoms with Gasteiger partial charge in [-0.25, -0.2) is 0 Å². The molecule has 0 unspecified atom stereocenters. The third-order valence-corrected chi connectivity index (χ3v) is 2.49. The molecular formula is C11H9OS. The Balaban J connectivity index is 1.94. The predicted octanol–water partition coefficient (Wildman–Crippen LogP) is 3.13. The monoisotopic (exact) mass is 189 g/mol. The van der Waals surface area contributed by atoms with Crippen LogP contribution in [0.2, 0.25) is 0 Å². The van der Waals surface area contributed by atoms with Gasteiger partial charge in [0, 0.05) is 4.88 Å². The van der Waals surface area contributed by atoms with Gasteiger partial charge in [0.05, 0.1) is 0 Å². The van der Waals surface area contributed by atoms with E-state index in [1.165, 1.54) is 4.88 Å². The lowest BCUT2D eigenvalue weighted by atomic mass is 10.3. The summed E-state index contributed by atoms with van der Waals surface area (Å²) in [6.07, 6.45) is 0. The van der Waals surface area contributed by atoms with Gasteiger partial charge in [0.25, 0.3) is 0 Å². The summed E-state index contributed by atoms with van der Waals surface area (Å²) >= 11 is 1.71. The second-order valence-corrected chi connectivity index (χ2v) is 3.64. The molecule has 1 heterocycles. The fourth-order valence-corrected chi connectivity index (χ4v) is 1.63. The Bertz CT molecular complexity index is 340. The third kappa shape index (κ3) is 2.33. The average molecular weight is 189 g/mol. The van der Waals surface area contributed by atoms with E-state index in [1.54, 1.807) is 11.3 Å². The number of hydrogen-bond donors (Lipinski definition) is 0. The summed E-state index contributed by atoms with van der Waals surface area (Å²) in [6, 6.07) is 14.6. The summed E-state index contributed by atoms with van der Waals surface area (Å²) < 4.78 is 5.53. The van der Waals surface area contributed by atoms with E-state index in [4.69, 9.17) is 4.74 Å². The van der Waals surface area contributed by atoms with Crippen LogP contribution in [0, 0.1) is 6.07 Å². The minimum Gasteiger partial charge on any atom is -0.488 e. The molecular weight excluding hydrogens is 180 g/mol. The lowest BCUT2D eigenvalue weighted by Gasteiger charge is -2.02. The second kappa shape index (κ2) is 4.10. The van der Waals surface area contributed by atoms with Crippen LogP contribution in [0.3, 0.4) is 0 Å². The molecule has 65 valence electrons. The van der Waals surface area contributed by atoms with Gasteiger partial charge in [0.1, 0.15) is 12.4 Å². The number of thiophene rings is 1. The number of benzene rings is 1. The molecule has 0 aliphatic rings. The molecule has 1 radical (unpaired) electrons. The highest BCUT2D eigenvalue weighted by Gasteiger charge is 1.94. The average Bonchev–Trinajstić information content (AvgIpc) is 2.69. The first-order valence-electron chi connectivity index (χ1n) is 4.06. The molecule has 1 aromatic carbocycles. The van der Waals surface area contributed by atoms with Crippen LogP contribution in [0.1, 0.15) is 4.88 Å². The van der Waals surface area contributed by atoms with Crippen molar-refractivity contribution >= 4 is 11.3 Å². The van der Waals surface area contributed by atoms with Crippen molar-refractivity contribution in [3.05, 3.63) is 52.7 Å². The normalized spacial score (nSPS) is 9.85. The predicted molar refractivity (Wildman–Crippen MR) is 53.9 cm³/mol. The Morgan fingerprint density at radius 2 is 2.31 bits per heavy atom. The fourth-order valence-electron chi connectivity index (χ4n) is 1.02. The topological polar surface area (TPSA) is 9.23 Å². The van der Waals surface area contributed by atoms with E-state index < -0.39 is 0 Å². The molecule has 13 heavy (non-hydrogen) atoms. The first kappa shape index (κ1) is 8.32. The lowest BCUT2D eigenvalue weighted by Crippen LogP contribution is -1.91. The molecule has 2 aromatic rings. The zero-order valence-corrected chi connectivity index (χ0v) is 7.88. The number of rotatable bonds is 3. The van der Waals surface area contributed by atoms with Gasteiger partial charge in [-0.2, -0.15) is 0 Å². The van der Waals surface area contributed by atoms with Crippen molar-refractivity contribution in [1.29, 1.82) is 0 Å². The van der Waals surface area contributed by atoms with Crippen molar-refractivity contribution in [3.63, 3.8) is 0 Å². The van der Waals surface area contributed by atoms with E-state index in [0.717, 1.165) is 5.75 Å². The van der Waals surface area contributed by atoms with Crippen LogP contribution in [0.25, 0.3) is 0 Å². The molecule has 0 saturated carbocycles. The smallest absolute Gasteiger partial charge is 0.122 e. The van der Waals surface area contributed by atoms with Crippen LogP contribution in [0.5, 0.6) is 5.75 Å². The largest absolute Gasteiger partial charge is 0.488 e. The van der Waals surface area contributed by atoms with Crippen LogP contribution in [0.4, 0.5) is 0 Å². The first-order chi connectivity index (χ1) is 6.45. The highest BCUT2D eigenvalue weighted by Crippen LogP contribution is 2.14. The minimum absolute atomic E-state index is 0.648. The molecule has 0 N–H and O–H groups in total. The molecule has 0 atom stereocenters. The van der Waals surface area contributed by atoms with Crippen molar-refractivity contribution < 1.29 is 4.74 Å². The summed E-state index contributed by atoms with van der Waals surface area (Å²) in [5, 5.41) is 2.05. The summed E-state index contributed by atoms with van der Waals surface area (Å²) in [7, 11) is 0. The van der Waals surface area contributed by atoms with Gasteiger partial charge in [-0.05, 0) is 29.6 Å². The molecule has 0 saturated heterocycles. The summed E-state index contributed by atoms with van der Waals surface area (Å²) in [5.74, 6) is 0.871. The van der Waals surface area contributed by atoms with Gasteiger partial charge in [-0.1, -0.05) is 18.2 Å². The van der Waals surface area contributed by atoms with Crippen LogP contribution in [-0.4, -0.2) is 0 Å². The molecule has 0 aliphatic heterocycles. The van der Waals surface area contributed by atoms with E-state index >= 15 is 0 Å². The number of ether oxygens (including phenoxy) is 1. The van der Waals surface area contributed by atoms with Crippen LogP contribution in [-0.2, 0) is 6.61 Å². The zero-order valence-electron chi connectivity index (χ0n) is 7.07. The maximum atomic E-state index is 5.53. The molecule has 2 rings (SSSR count). The molecule has 0 fully saturated rings. The third-order valence-electron chi connectivity index (χ3n) is 1.64. The first-order valence-corrected chi connectivity index (χ1v) is 4.94. The Morgan fingerprint density at radius 3 is 3.00 bits per heavy atom. The Labute approximate surface area is 81.6 Å². The molecule has 1 nitrogen and oxygen atoms in total. The van der Waals surface area contributed by atoms with Gasteiger partial charge < -0.3 is 4.74 Å². The fraction of sp³-hybridized carbons (Fsp3) is 0.0909. The van der Waals surface area contributed by atoms with Crippen molar-refractivity contribution in [2.75, 3.05) is 0 Å². The standard InChI is InChI=1S/C11H9OS/c1-2-5-10(6-3-1)12-9-11-7-4-8-13-11/h1-2,4-8H,9H2.